The number of nitrogens with one attached hydrogen (secondary N) is 2. The van der Waals surface area contributed by atoms with E-state index in [2.05, 4.69) is 51.3 Å². The summed E-state index contributed by atoms with van der Waals surface area (Å²) in [5.41, 5.74) is 2.27. The Kier molecular flexibility index (Phi) is 7.08. The van der Waals surface area contributed by atoms with Crippen LogP contribution in [0.4, 0.5) is 0 Å². The van der Waals surface area contributed by atoms with Gasteiger partial charge in [-0.1, -0.05) is 68.5 Å². The van der Waals surface area contributed by atoms with E-state index in [0.29, 0.717) is 22.6 Å². The maximum Gasteiger partial charge on any atom is 0.240 e. The normalized spacial score (nSPS) is 25.1. The highest BCUT2D eigenvalue weighted by atomic mass is 32.2. The largest absolute Gasteiger partial charge is 0.243 e. The Morgan fingerprint density at radius 2 is 1.78 bits per heavy atom. The number of tetrazole rings is 1. The number of sulfonamides is 1. The van der Waals surface area contributed by atoms with E-state index in [1.54, 1.807) is 12.1 Å². The fourth-order valence-corrected chi connectivity index (χ4v) is 7.44. The molecule has 0 unspecified atom stereocenters. The molecule has 3 aliphatic carbocycles. The summed E-state index contributed by atoms with van der Waals surface area (Å²) < 4.78 is 30.0. The molecule has 8 heteroatoms. The van der Waals surface area contributed by atoms with Gasteiger partial charge in [-0.05, 0) is 89.0 Å². The quantitative estimate of drug-likeness (QED) is 0.293. The second-order valence-electron chi connectivity index (χ2n) is 10.8. The third-order valence-corrected chi connectivity index (χ3v) is 9.89. The molecule has 0 spiro atoms. The van der Waals surface area contributed by atoms with Gasteiger partial charge in [0, 0.05) is 12.5 Å². The lowest BCUT2D eigenvalue weighted by Crippen LogP contribution is -2.63. The highest BCUT2D eigenvalue weighted by molar-refractivity contribution is 7.89. The second-order valence-corrected chi connectivity index (χ2v) is 12.6. The average molecular weight is 506 g/mol. The molecule has 2 aromatic carbocycles. The summed E-state index contributed by atoms with van der Waals surface area (Å²) in [6.07, 6.45) is 10.3. The Bertz CT molecular complexity index is 1270. The van der Waals surface area contributed by atoms with Gasteiger partial charge in [-0.2, -0.15) is 0 Å². The van der Waals surface area contributed by atoms with Gasteiger partial charge in [-0.15, -0.1) is 5.10 Å². The molecule has 3 saturated carbocycles. The fraction of sp³-hybridized carbons (Fsp3) is 0.464. The number of aryl methyl sites for hydroxylation is 1. The van der Waals surface area contributed by atoms with Gasteiger partial charge in [0.2, 0.25) is 10.0 Å². The first-order valence-electron chi connectivity index (χ1n) is 12.9. The van der Waals surface area contributed by atoms with E-state index in [0.717, 1.165) is 55.5 Å². The summed E-state index contributed by atoms with van der Waals surface area (Å²) in [5.74, 6) is 2.16. The van der Waals surface area contributed by atoms with E-state index in [1.165, 1.54) is 0 Å². The summed E-state index contributed by atoms with van der Waals surface area (Å²) in [6.45, 7) is 4.60. The van der Waals surface area contributed by atoms with Crippen LogP contribution in [0.1, 0.15) is 51.8 Å². The number of rotatable bonds is 10. The lowest BCUT2D eigenvalue weighted by Gasteiger charge is -2.62. The van der Waals surface area contributed by atoms with E-state index < -0.39 is 10.0 Å². The molecule has 0 saturated heterocycles. The topological polar surface area (TPSA) is 101 Å². The lowest BCUT2D eigenvalue weighted by molar-refractivity contribution is -0.108. The number of hydrogen-bond donors (Lipinski definition) is 2. The third-order valence-electron chi connectivity index (χ3n) is 8.42. The minimum absolute atomic E-state index is 0.0475. The number of H-pyrrole nitrogens is 1. The maximum atomic E-state index is 13.4. The van der Waals surface area contributed by atoms with E-state index in [9.17, 15) is 8.42 Å². The Morgan fingerprint density at radius 3 is 2.47 bits per heavy atom. The Morgan fingerprint density at radius 1 is 1.03 bits per heavy atom. The molecule has 1 aromatic heterocycles. The highest BCUT2D eigenvalue weighted by Crippen LogP contribution is 2.61. The number of nitrogens with zero attached hydrogens (tertiary/aromatic N) is 3. The minimum atomic E-state index is -3.61. The van der Waals surface area contributed by atoms with E-state index in [4.69, 9.17) is 0 Å². The van der Waals surface area contributed by atoms with Crippen molar-refractivity contribution in [3.05, 3.63) is 72.6 Å². The summed E-state index contributed by atoms with van der Waals surface area (Å²) >= 11 is 0. The SMILES string of the molecule is CC1(C)[C@H]2C[C@H](CC=CCCCc3nnn[nH]3)[C@@H](NS(=O)(=O)c3ccc(-c4ccccc4)cc3)[C@H]1C2. The zero-order valence-electron chi connectivity index (χ0n) is 21.0. The van der Waals surface area contributed by atoms with Crippen LogP contribution in [0.3, 0.4) is 0 Å². The fourth-order valence-electron chi connectivity index (χ4n) is 6.09. The van der Waals surface area contributed by atoms with Gasteiger partial charge in [-0.3, -0.25) is 0 Å². The Labute approximate surface area is 213 Å². The summed E-state index contributed by atoms with van der Waals surface area (Å²) in [5, 5.41) is 13.9. The van der Waals surface area contributed by atoms with Gasteiger partial charge in [0.1, 0.15) is 5.82 Å². The van der Waals surface area contributed by atoms with Crippen LogP contribution in [0, 0.1) is 23.2 Å². The first-order chi connectivity index (χ1) is 17.3. The van der Waals surface area contributed by atoms with Crippen LogP contribution >= 0.6 is 0 Å². The molecule has 4 atom stereocenters. The molecule has 3 aliphatic rings. The maximum absolute atomic E-state index is 13.4. The van der Waals surface area contributed by atoms with Crippen molar-refractivity contribution in [1.29, 1.82) is 0 Å². The first-order valence-corrected chi connectivity index (χ1v) is 14.4. The third kappa shape index (κ3) is 5.15. The summed E-state index contributed by atoms with van der Waals surface area (Å²) in [6, 6.07) is 17.2. The number of allylic oxidation sites excluding steroid dienone is 2. The van der Waals surface area contributed by atoms with Crippen molar-refractivity contribution in [2.75, 3.05) is 0 Å². The Balaban J connectivity index is 1.24. The monoisotopic (exact) mass is 505 g/mol. The molecule has 6 rings (SSSR count). The standard InChI is InChI=1S/C28H35N5O2S/c1-28(2)23-18-22(12-6-3-4-9-13-26-29-32-33-30-26)27(25(28)19-23)31-36(34,35)24-16-14-21(15-17-24)20-10-7-5-8-11-20/h3,5-8,10-11,14-17,22-23,25,27,31H,4,9,12-13,18-19H2,1-2H3,(H,29,30,32,33)/t22-,23-,25+,27+/m0/s1. The van der Waals surface area contributed by atoms with Crippen molar-refractivity contribution in [2.45, 2.75) is 63.3 Å². The smallest absolute Gasteiger partial charge is 0.240 e. The average Bonchev–Trinajstić information content (AvgIpc) is 3.40. The molecule has 190 valence electrons. The zero-order chi connectivity index (χ0) is 25.2. The predicted octanol–water partition coefficient (Wildman–Crippen LogP) is 5.17. The van der Waals surface area contributed by atoms with Crippen LogP contribution in [0.25, 0.3) is 11.1 Å². The molecule has 7 nitrogen and oxygen atoms in total. The molecular formula is C28H35N5O2S. The van der Waals surface area contributed by atoms with E-state index in [1.807, 2.05) is 42.5 Å². The first kappa shape index (κ1) is 24.8. The number of hydrogen-bond acceptors (Lipinski definition) is 5. The van der Waals surface area contributed by atoms with Crippen molar-refractivity contribution in [2.24, 2.45) is 23.2 Å². The number of aromatic nitrogens is 4. The van der Waals surface area contributed by atoms with Gasteiger partial charge in [-0.25, -0.2) is 18.2 Å². The van der Waals surface area contributed by atoms with Crippen LogP contribution < -0.4 is 4.72 Å². The van der Waals surface area contributed by atoms with Crippen molar-refractivity contribution >= 4 is 10.0 Å². The number of fused-ring (bicyclic) bond motifs is 2. The number of benzene rings is 2. The summed E-state index contributed by atoms with van der Waals surface area (Å²) in [4.78, 5) is 0.331. The lowest BCUT2D eigenvalue weighted by atomic mass is 9.45. The molecule has 2 bridgehead atoms. The van der Waals surface area contributed by atoms with Crippen molar-refractivity contribution < 1.29 is 8.42 Å². The second kappa shape index (κ2) is 10.3. The number of aromatic amines is 1. The van der Waals surface area contributed by atoms with Gasteiger partial charge in [0.05, 0.1) is 4.90 Å². The van der Waals surface area contributed by atoms with Crippen molar-refractivity contribution in [3.63, 3.8) is 0 Å². The molecule has 3 fully saturated rings. The van der Waals surface area contributed by atoms with Crippen molar-refractivity contribution in [3.8, 4) is 11.1 Å². The highest BCUT2D eigenvalue weighted by Gasteiger charge is 2.58. The molecule has 0 radical (unpaired) electrons. The van der Waals surface area contributed by atoms with E-state index in [-0.39, 0.29) is 11.5 Å². The molecule has 3 aromatic rings. The van der Waals surface area contributed by atoms with E-state index >= 15 is 0 Å². The minimum Gasteiger partial charge on any atom is -0.243 e. The van der Waals surface area contributed by atoms with Gasteiger partial charge < -0.3 is 0 Å². The predicted molar refractivity (Wildman–Crippen MR) is 140 cm³/mol. The van der Waals surface area contributed by atoms with Crippen LogP contribution in [0.5, 0.6) is 0 Å². The number of unbranched alkanes of at least 4 members (excludes halogenated alkanes) is 1. The van der Waals surface area contributed by atoms with Gasteiger partial charge in [0.15, 0.2) is 0 Å². The van der Waals surface area contributed by atoms with Crippen LogP contribution in [0.15, 0.2) is 71.6 Å². The van der Waals surface area contributed by atoms with Crippen LogP contribution in [-0.4, -0.2) is 35.1 Å². The van der Waals surface area contributed by atoms with Crippen LogP contribution in [-0.2, 0) is 16.4 Å². The Hall–Kier alpha value is -2.84. The summed E-state index contributed by atoms with van der Waals surface area (Å²) in [7, 11) is -3.61. The van der Waals surface area contributed by atoms with Gasteiger partial charge in [0.25, 0.3) is 0 Å². The van der Waals surface area contributed by atoms with Crippen molar-refractivity contribution in [1.82, 2.24) is 25.3 Å². The molecule has 36 heavy (non-hydrogen) atoms. The molecule has 1 heterocycles. The van der Waals surface area contributed by atoms with Crippen LogP contribution in [0.2, 0.25) is 0 Å². The molecule has 2 N–H and O–H groups in total. The molecule has 0 amide bonds. The van der Waals surface area contributed by atoms with Gasteiger partial charge >= 0.3 is 0 Å². The zero-order valence-corrected chi connectivity index (χ0v) is 21.8. The molecule has 0 aliphatic heterocycles. The molecular weight excluding hydrogens is 470 g/mol.